The van der Waals surface area contributed by atoms with Crippen LogP contribution < -0.4 is 51.3 Å². The van der Waals surface area contributed by atoms with Crippen LogP contribution in [-0.4, -0.2) is 25.3 Å². The number of hydrogen-bond acceptors (Lipinski definition) is 2. The van der Waals surface area contributed by atoms with E-state index in [9.17, 15) is 0 Å². The van der Waals surface area contributed by atoms with Gasteiger partial charge in [-0.1, -0.05) is 479 Å². The molecule has 2 heterocycles. The Morgan fingerprint density at radius 1 is 0.144 bits per heavy atom. The van der Waals surface area contributed by atoms with Crippen molar-refractivity contribution in [3.05, 3.63) is 595 Å². The predicted octanol–water partition coefficient (Wildman–Crippen LogP) is 31.7. The second-order valence-corrected chi connectivity index (χ2v) is 45.6. The van der Waals surface area contributed by atoms with E-state index in [4.69, 9.17) is 0 Å². The van der Waals surface area contributed by atoms with Crippen LogP contribution in [0.2, 0.25) is 0 Å². The van der Waals surface area contributed by atoms with Gasteiger partial charge >= 0.3 is 0 Å². The molecule has 6 heteroatoms. The van der Waals surface area contributed by atoms with Crippen LogP contribution in [0.15, 0.2) is 595 Å². The van der Waals surface area contributed by atoms with Gasteiger partial charge in [-0.15, -0.1) is 0 Å². The molecule has 0 aliphatic rings. The Morgan fingerprint density at radius 2 is 0.438 bits per heavy atom. The summed E-state index contributed by atoms with van der Waals surface area (Å²) in [6.07, 6.45) is 0. The molecule has 0 aliphatic carbocycles. The summed E-state index contributed by atoms with van der Waals surface area (Å²) in [5.41, 5.74) is 23.1. The average molecular weight is 1890 g/mol. The molecular formula is C140H98N4Si2. The fraction of sp³-hybridized carbons (Fsp3) is 0. The molecule has 0 fully saturated rings. The number of aromatic nitrogens is 2. The van der Waals surface area contributed by atoms with Crippen molar-refractivity contribution in [2.24, 2.45) is 0 Å². The zero-order valence-electron chi connectivity index (χ0n) is 80.4. The minimum absolute atomic E-state index is 1.08. The lowest BCUT2D eigenvalue weighted by Gasteiger charge is -2.35. The summed E-state index contributed by atoms with van der Waals surface area (Å²) in [7, 11) is -5.50. The molecule has 0 unspecified atom stereocenters. The Kier molecular flexibility index (Phi) is 22.7. The smallest absolute Gasteiger partial charge is 0.179 e. The van der Waals surface area contributed by atoms with Gasteiger partial charge in [-0.25, -0.2) is 0 Å². The van der Waals surface area contributed by atoms with Gasteiger partial charge in [0.05, 0.1) is 27.8 Å². The first kappa shape index (κ1) is 87.7. The van der Waals surface area contributed by atoms with Gasteiger partial charge in [0.25, 0.3) is 0 Å². The van der Waals surface area contributed by atoms with Gasteiger partial charge in [0.2, 0.25) is 0 Å². The fourth-order valence-corrected chi connectivity index (χ4v) is 33.0. The largest absolute Gasteiger partial charge is 0.310 e. The van der Waals surface area contributed by atoms with E-state index in [1.807, 2.05) is 0 Å². The molecule has 2 aromatic heterocycles. The minimum Gasteiger partial charge on any atom is -0.310 e. The molecule has 0 bridgehead atoms. The summed E-state index contributed by atoms with van der Waals surface area (Å²) in [4.78, 5) is 4.86. The molecule has 0 amide bonds. The van der Waals surface area contributed by atoms with E-state index in [2.05, 4.69) is 613 Å². The third kappa shape index (κ3) is 15.4. The summed E-state index contributed by atoms with van der Waals surface area (Å²) >= 11 is 0. The van der Waals surface area contributed by atoms with Gasteiger partial charge in [0.15, 0.2) is 16.1 Å². The molecule has 0 spiro atoms. The number of fused-ring (bicyclic) bond motifs is 12. The Balaban J connectivity index is 0.000000149. The van der Waals surface area contributed by atoms with Crippen LogP contribution in [0.3, 0.4) is 0 Å². The predicted molar refractivity (Wildman–Crippen MR) is 627 cm³/mol. The molecule has 0 aliphatic heterocycles. The van der Waals surface area contributed by atoms with Crippen molar-refractivity contribution in [3.63, 3.8) is 0 Å². The standard InChI is InChI=1S/C72H50N2Si.C68H48N2Si/c1-4-26-58(27-5-1)75(59-28-6-2-7-29-59,60-30-8-3-9-31-60)61-47-45-56(46-48-61)73(55-43-41-52(42-44-55)63-37-19-23-51-21-10-12-32-62(51)63)57-25-18-24-53(49-57)65-38-20-40-70-72(65)68-36-16-17-39-69(68)74(70)71-50-54-22-11-13-33-64(54)66-34-14-15-35-67(66)71;1-4-25-58(26-5-1)71(59-27-6-2-7-28-59,60-29-8-3-9-30-60)61-45-43-55(44-46-61)69(54-40-38-51(39-41-54)63-33-17-22-50-20-12-13-31-62(50)63)56-24-16-23-53(48-56)64-34-18-36-67-68(64)65-32-14-15-35-66(65)70(67)57-42-37-49-19-10-11-21-52(49)47-57/h1-50H;1-48H. The maximum Gasteiger partial charge on any atom is 0.179 e. The second-order valence-electron chi connectivity index (χ2n) is 38.0. The highest BCUT2D eigenvalue weighted by molar-refractivity contribution is 7.20. The molecular weight excluding hydrogens is 1790 g/mol. The first-order valence-electron chi connectivity index (χ1n) is 50.4. The Hall–Kier alpha value is -18.6. The normalized spacial score (nSPS) is 11.7. The van der Waals surface area contributed by atoms with E-state index >= 15 is 0 Å². The first-order valence-corrected chi connectivity index (χ1v) is 54.4. The highest BCUT2D eigenvalue weighted by Gasteiger charge is 2.43. The van der Waals surface area contributed by atoms with E-state index in [0.717, 1.165) is 50.9 Å². The highest BCUT2D eigenvalue weighted by Crippen LogP contribution is 2.48. The van der Waals surface area contributed by atoms with Crippen molar-refractivity contribution < 1.29 is 0 Å². The first-order chi connectivity index (χ1) is 72.4. The number of hydrogen-bond donors (Lipinski definition) is 0. The molecule has 0 saturated carbocycles. The molecule has 686 valence electrons. The molecule has 0 N–H and O–H groups in total. The second kappa shape index (κ2) is 37.8. The van der Waals surface area contributed by atoms with Crippen LogP contribution in [0.5, 0.6) is 0 Å². The third-order valence-corrected chi connectivity index (χ3v) is 39.6. The van der Waals surface area contributed by atoms with Gasteiger partial charge < -0.3 is 18.9 Å². The van der Waals surface area contributed by atoms with Crippen LogP contribution in [0, 0.1) is 0 Å². The lowest BCUT2D eigenvalue weighted by Crippen LogP contribution is -2.74. The van der Waals surface area contributed by atoms with E-state index in [1.165, 1.54) is 178 Å². The van der Waals surface area contributed by atoms with Gasteiger partial charge in [0, 0.05) is 66.7 Å². The Morgan fingerprint density at radius 3 is 0.863 bits per heavy atom. The highest BCUT2D eigenvalue weighted by atomic mass is 28.3. The molecule has 4 nitrogen and oxygen atoms in total. The summed E-state index contributed by atoms with van der Waals surface area (Å²) in [6.45, 7) is 0. The lowest BCUT2D eigenvalue weighted by molar-refractivity contribution is 1.19. The number of rotatable bonds is 20. The molecule has 0 atom stereocenters. The maximum atomic E-state index is 2.49. The van der Waals surface area contributed by atoms with Crippen LogP contribution in [0.4, 0.5) is 34.1 Å². The average Bonchev–Trinajstić information content (AvgIpc) is 1.70. The molecule has 27 rings (SSSR count). The summed E-state index contributed by atoms with van der Waals surface area (Å²) in [6, 6.07) is 220. The van der Waals surface area contributed by atoms with E-state index in [1.54, 1.807) is 0 Å². The zero-order valence-corrected chi connectivity index (χ0v) is 82.4. The maximum absolute atomic E-state index is 2.76. The lowest BCUT2D eigenvalue weighted by atomic mass is 9.97. The van der Waals surface area contributed by atoms with Gasteiger partial charge in [-0.05, 0) is 250 Å². The Labute approximate surface area is 852 Å². The molecule has 146 heavy (non-hydrogen) atoms. The summed E-state index contributed by atoms with van der Waals surface area (Å²) in [5.74, 6) is 0. The van der Waals surface area contributed by atoms with E-state index < -0.39 is 16.1 Å². The number of nitrogens with zero attached hydrogens (tertiary/aromatic N) is 4. The number of para-hydroxylation sites is 2. The van der Waals surface area contributed by atoms with Crippen molar-refractivity contribution in [2.45, 2.75) is 0 Å². The monoisotopic (exact) mass is 1890 g/mol. The number of benzene rings is 25. The topological polar surface area (TPSA) is 16.3 Å². The van der Waals surface area contributed by atoms with Crippen molar-refractivity contribution in [1.82, 2.24) is 9.13 Å². The van der Waals surface area contributed by atoms with Crippen molar-refractivity contribution >= 4 is 189 Å². The summed E-state index contributed by atoms with van der Waals surface area (Å²) < 4.78 is 4.92. The molecule has 27 aromatic rings. The number of anilines is 6. The van der Waals surface area contributed by atoms with Crippen molar-refractivity contribution in [2.75, 3.05) is 9.80 Å². The van der Waals surface area contributed by atoms with E-state index in [0.29, 0.717) is 0 Å². The van der Waals surface area contributed by atoms with Crippen LogP contribution in [-0.2, 0) is 0 Å². The zero-order chi connectivity index (χ0) is 96.9. The molecule has 0 radical (unpaired) electrons. The van der Waals surface area contributed by atoms with E-state index in [-0.39, 0.29) is 0 Å². The van der Waals surface area contributed by atoms with Gasteiger partial charge in [0.1, 0.15) is 0 Å². The van der Waals surface area contributed by atoms with Gasteiger partial charge in [-0.3, -0.25) is 0 Å². The fourth-order valence-electron chi connectivity index (χ4n) is 23.5. The molecule has 0 saturated heterocycles. The molecule has 25 aromatic carbocycles. The van der Waals surface area contributed by atoms with Crippen molar-refractivity contribution in [3.8, 4) is 55.9 Å². The minimum atomic E-state index is -2.76. The summed E-state index contributed by atoms with van der Waals surface area (Å²) in [5, 5.41) is 28.2. The quantitative estimate of drug-likeness (QED) is 0.0430. The van der Waals surface area contributed by atoms with Crippen LogP contribution >= 0.6 is 0 Å². The van der Waals surface area contributed by atoms with Gasteiger partial charge in [-0.2, -0.15) is 0 Å². The Bertz CT molecular complexity index is 9320. The van der Waals surface area contributed by atoms with Crippen molar-refractivity contribution in [1.29, 1.82) is 0 Å². The van der Waals surface area contributed by atoms with Crippen LogP contribution in [0.1, 0.15) is 0 Å². The third-order valence-electron chi connectivity index (χ3n) is 30.0. The van der Waals surface area contributed by atoms with Crippen LogP contribution in [0.25, 0.3) is 153 Å². The SMILES string of the molecule is c1ccc([Si](c2ccccc2)(c2ccccc2)c2ccc(N(c3ccc(-c4cccc5ccccc45)cc3)c3cccc(-c4cccc5c4c4ccccc4n5-c4cc5ccccc5c5ccccc45)c3)cc2)cc1.c1ccc([Si](c2ccccc2)(c2ccccc2)c2ccc(N(c3ccc(-c4cccc5ccccc45)cc3)c3cccc(-c4cccc5c4c4ccccc4n5-c4ccc5ccccc5c4)c3)cc2)cc1.